The van der Waals surface area contributed by atoms with Crippen molar-refractivity contribution < 1.29 is 8.42 Å². The molecule has 1 atom stereocenters. The molecule has 1 aromatic carbocycles. The van der Waals surface area contributed by atoms with E-state index >= 15 is 0 Å². The average Bonchev–Trinajstić information content (AvgIpc) is 3.07. The first kappa shape index (κ1) is 20.1. The molecule has 9 nitrogen and oxygen atoms in total. The molecule has 0 spiro atoms. The predicted molar refractivity (Wildman–Crippen MR) is 104 cm³/mol. The first-order chi connectivity index (χ1) is 13.1. The van der Waals surface area contributed by atoms with Gasteiger partial charge >= 0.3 is 5.69 Å². The molecule has 0 aliphatic rings. The summed E-state index contributed by atoms with van der Waals surface area (Å²) in [4.78, 5) is 27.9. The zero-order valence-electron chi connectivity index (χ0n) is 15.3. The van der Waals surface area contributed by atoms with Crippen molar-refractivity contribution in [2.45, 2.75) is 10.9 Å². The predicted octanol–water partition coefficient (Wildman–Crippen LogP) is 0.539. The second-order valence-corrected chi connectivity index (χ2v) is 8.37. The molecule has 0 amide bonds. The van der Waals surface area contributed by atoms with E-state index in [1.165, 1.54) is 20.3 Å². The maximum absolute atomic E-state index is 13.0. The van der Waals surface area contributed by atoms with Gasteiger partial charge < -0.3 is 9.13 Å². The molecule has 3 aromatic rings. The molecule has 1 N–H and O–H groups in total. The van der Waals surface area contributed by atoms with E-state index in [9.17, 15) is 18.0 Å². The summed E-state index contributed by atoms with van der Waals surface area (Å²) in [5, 5.41) is 0.497. The Kier molecular flexibility index (Phi) is 5.28. The molecule has 28 heavy (non-hydrogen) atoms. The van der Waals surface area contributed by atoms with E-state index in [-0.39, 0.29) is 0 Å². The largest absolute Gasteiger partial charge is 0.336 e. The molecule has 0 saturated carbocycles. The van der Waals surface area contributed by atoms with Crippen molar-refractivity contribution in [1.29, 1.82) is 0 Å². The molecule has 0 fully saturated rings. The Labute approximate surface area is 165 Å². The lowest BCUT2D eigenvalue weighted by molar-refractivity contribution is 0.554. The molecule has 0 radical (unpaired) electrons. The van der Waals surface area contributed by atoms with Crippen molar-refractivity contribution >= 4 is 21.6 Å². The van der Waals surface area contributed by atoms with Gasteiger partial charge in [-0.1, -0.05) is 23.7 Å². The Hall–Kier alpha value is -2.69. The minimum Gasteiger partial charge on any atom is -0.336 e. The van der Waals surface area contributed by atoms with Gasteiger partial charge in [0.2, 0.25) is 10.0 Å². The molecule has 0 bridgehead atoms. The molecule has 2 aromatic heterocycles. The number of hydrogen-bond donors (Lipinski definition) is 1. The smallest absolute Gasteiger partial charge is 0.330 e. The average molecular weight is 424 g/mol. The highest BCUT2D eigenvalue weighted by Crippen LogP contribution is 2.24. The number of nitrogens with zero attached hydrogens (tertiary/aromatic N) is 4. The Morgan fingerprint density at radius 1 is 1.07 bits per heavy atom. The molecule has 0 aliphatic heterocycles. The fourth-order valence-corrected chi connectivity index (χ4v) is 4.23. The van der Waals surface area contributed by atoms with Crippen LogP contribution in [0.1, 0.15) is 17.4 Å². The van der Waals surface area contributed by atoms with E-state index in [1.54, 1.807) is 42.1 Å². The van der Waals surface area contributed by atoms with Crippen LogP contribution >= 0.6 is 11.6 Å². The van der Waals surface area contributed by atoms with Crippen LogP contribution in [0, 0.1) is 0 Å². The first-order valence-corrected chi connectivity index (χ1v) is 9.99. The van der Waals surface area contributed by atoms with Crippen LogP contribution in [0.25, 0.3) is 0 Å². The van der Waals surface area contributed by atoms with E-state index in [0.717, 1.165) is 15.3 Å². The van der Waals surface area contributed by atoms with E-state index < -0.39 is 32.2 Å². The van der Waals surface area contributed by atoms with Crippen LogP contribution in [0.2, 0.25) is 5.02 Å². The molecular formula is C17H18ClN5O4S. The highest BCUT2D eigenvalue weighted by atomic mass is 35.5. The molecule has 0 saturated heterocycles. The first-order valence-electron chi connectivity index (χ1n) is 8.13. The third-order valence-electron chi connectivity index (χ3n) is 4.30. The van der Waals surface area contributed by atoms with Crippen LogP contribution in [-0.2, 0) is 31.2 Å². The van der Waals surface area contributed by atoms with Crippen LogP contribution in [-0.4, -0.2) is 27.1 Å². The lowest BCUT2D eigenvalue weighted by Crippen LogP contribution is -2.42. The van der Waals surface area contributed by atoms with Crippen LogP contribution in [0.5, 0.6) is 0 Å². The van der Waals surface area contributed by atoms with Gasteiger partial charge in [-0.15, -0.1) is 0 Å². The van der Waals surface area contributed by atoms with Gasteiger partial charge in [-0.25, -0.2) is 18.2 Å². The molecular weight excluding hydrogens is 406 g/mol. The zero-order valence-corrected chi connectivity index (χ0v) is 16.9. The third kappa shape index (κ3) is 3.66. The molecule has 1 unspecified atom stereocenters. The fraction of sp³-hybridized carbons (Fsp3) is 0.235. The lowest BCUT2D eigenvalue weighted by atomic mass is 10.1. The third-order valence-corrected chi connectivity index (χ3v) is 5.95. The summed E-state index contributed by atoms with van der Waals surface area (Å²) in [5.74, 6) is 0.424. The normalized spacial score (nSPS) is 12.9. The van der Waals surface area contributed by atoms with Gasteiger partial charge in [0, 0.05) is 44.8 Å². The van der Waals surface area contributed by atoms with Crippen LogP contribution in [0.3, 0.4) is 0 Å². The summed E-state index contributed by atoms with van der Waals surface area (Å²) in [6.07, 6.45) is 4.22. The highest BCUT2D eigenvalue weighted by molar-refractivity contribution is 7.89. The van der Waals surface area contributed by atoms with Gasteiger partial charge in [0.05, 0.1) is 0 Å². The zero-order chi connectivity index (χ0) is 20.6. The number of nitrogens with one attached hydrogen (secondary N) is 1. The van der Waals surface area contributed by atoms with Crippen molar-refractivity contribution in [1.82, 2.24) is 23.4 Å². The van der Waals surface area contributed by atoms with Gasteiger partial charge in [-0.05, 0) is 17.7 Å². The Balaban J connectivity index is 2.13. The number of rotatable bonds is 5. The summed E-state index contributed by atoms with van der Waals surface area (Å²) < 4.78 is 32.0. The lowest BCUT2D eigenvalue weighted by Gasteiger charge is -2.19. The van der Waals surface area contributed by atoms with Crippen LogP contribution in [0.4, 0.5) is 0 Å². The van der Waals surface area contributed by atoms with Gasteiger partial charge in [0.1, 0.15) is 11.9 Å². The van der Waals surface area contributed by atoms with E-state index in [1.807, 2.05) is 0 Å². The van der Waals surface area contributed by atoms with Gasteiger partial charge in [0.25, 0.3) is 5.56 Å². The topological polar surface area (TPSA) is 108 Å². The summed E-state index contributed by atoms with van der Waals surface area (Å²) in [6.45, 7) is 0. The highest BCUT2D eigenvalue weighted by Gasteiger charge is 2.28. The monoisotopic (exact) mass is 423 g/mol. The van der Waals surface area contributed by atoms with Crippen molar-refractivity contribution in [3.8, 4) is 0 Å². The quantitative estimate of drug-likeness (QED) is 0.644. The maximum atomic E-state index is 13.0. The van der Waals surface area contributed by atoms with E-state index in [4.69, 9.17) is 11.6 Å². The second-order valence-electron chi connectivity index (χ2n) is 6.25. The van der Waals surface area contributed by atoms with Crippen molar-refractivity contribution in [3.63, 3.8) is 0 Å². The number of halogens is 1. The Bertz CT molecular complexity index is 1240. The van der Waals surface area contributed by atoms with E-state index in [2.05, 4.69) is 9.71 Å². The van der Waals surface area contributed by atoms with E-state index in [0.29, 0.717) is 16.4 Å². The van der Waals surface area contributed by atoms with Crippen molar-refractivity contribution in [3.05, 3.63) is 80.1 Å². The molecule has 2 heterocycles. The summed E-state index contributed by atoms with van der Waals surface area (Å²) in [5.41, 5.74) is -0.948. The van der Waals surface area contributed by atoms with Gasteiger partial charge in [0.15, 0.2) is 4.90 Å². The second kappa shape index (κ2) is 7.38. The number of benzene rings is 1. The summed E-state index contributed by atoms with van der Waals surface area (Å²) in [6, 6.07) is 5.73. The Morgan fingerprint density at radius 3 is 2.29 bits per heavy atom. The number of imidazole rings is 1. The molecule has 11 heteroatoms. The van der Waals surface area contributed by atoms with Crippen molar-refractivity contribution in [2.24, 2.45) is 21.1 Å². The summed E-state index contributed by atoms with van der Waals surface area (Å²) >= 11 is 5.94. The number of aromatic nitrogens is 4. The van der Waals surface area contributed by atoms with Crippen molar-refractivity contribution in [2.75, 3.05) is 0 Å². The number of aryl methyl sites for hydroxylation is 2. The van der Waals surface area contributed by atoms with Gasteiger partial charge in [-0.2, -0.15) is 4.72 Å². The minimum absolute atomic E-state index is 0.424. The fourth-order valence-electron chi connectivity index (χ4n) is 2.76. The van der Waals surface area contributed by atoms with Gasteiger partial charge in [-0.3, -0.25) is 9.36 Å². The maximum Gasteiger partial charge on any atom is 0.330 e. The summed E-state index contributed by atoms with van der Waals surface area (Å²) in [7, 11) is 0.0372. The molecule has 0 aliphatic carbocycles. The van der Waals surface area contributed by atoms with Crippen LogP contribution in [0.15, 0.2) is 57.3 Å². The number of sulfonamides is 1. The van der Waals surface area contributed by atoms with Crippen LogP contribution < -0.4 is 16.0 Å². The minimum atomic E-state index is -4.28. The molecule has 3 rings (SSSR count). The standard InChI is InChI=1S/C17H18ClN5O4S/c1-21-9-8-19-15(21)14(11-4-6-12(18)7-5-11)20-28(26,27)13-10-22(2)17(25)23(3)16(13)24/h4-10,14,20H,1-3H3. The molecule has 148 valence electrons. The Morgan fingerprint density at radius 2 is 1.71 bits per heavy atom. The number of hydrogen-bond acceptors (Lipinski definition) is 5. The SMILES string of the molecule is Cn1ccnc1C(NS(=O)(=O)c1cn(C)c(=O)n(C)c1=O)c1ccc(Cl)cc1.